The fourth-order valence-electron chi connectivity index (χ4n) is 4.24. The Morgan fingerprint density at radius 2 is 1.53 bits per heavy atom. The van der Waals surface area contributed by atoms with Crippen LogP contribution in [0.15, 0.2) is 48.5 Å². The first-order valence-corrected chi connectivity index (χ1v) is 11.4. The number of amides is 3. The number of halogens is 1. The van der Waals surface area contributed by atoms with E-state index in [1.54, 1.807) is 34.1 Å². The molecule has 0 aliphatic carbocycles. The summed E-state index contributed by atoms with van der Waals surface area (Å²) in [5.74, 6) is -0.0317. The Hall–Kier alpha value is -2.77. The number of carbonyl (C=O) groups excluding carboxylic acids is 2. The first kappa shape index (κ1) is 22.4. The lowest BCUT2D eigenvalue weighted by atomic mass is 10.2. The highest BCUT2D eigenvalue weighted by Crippen LogP contribution is 2.24. The first-order valence-electron chi connectivity index (χ1n) is 11.0. The third-order valence-corrected chi connectivity index (χ3v) is 6.57. The van der Waals surface area contributed by atoms with Gasteiger partial charge in [0.25, 0.3) is 5.91 Å². The summed E-state index contributed by atoms with van der Waals surface area (Å²) in [6, 6.07) is 15.4. The summed E-state index contributed by atoms with van der Waals surface area (Å²) in [5.41, 5.74) is 2.57. The molecule has 3 amide bonds. The van der Waals surface area contributed by atoms with E-state index in [1.165, 1.54) is 5.69 Å². The van der Waals surface area contributed by atoms with Gasteiger partial charge in [0.1, 0.15) is 0 Å². The quantitative estimate of drug-likeness (QED) is 0.766. The van der Waals surface area contributed by atoms with Crippen LogP contribution in [-0.2, 0) is 0 Å². The second-order valence-electron chi connectivity index (χ2n) is 8.62. The Labute approximate surface area is 194 Å². The zero-order chi connectivity index (χ0) is 22.7. The summed E-state index contributed by atoms with van der Waals surface area (Å²) in [7, 11) is 4.25. The van der Waals surface area contributed by atoms with Crippen molar-refractivity contribution in [2.75, 3.05) is 63.6 Å². The minimum atomic E-state index is -0.134. The number of nitrogens with zero attached hydrogens (tertiary/aromatic N) is 4. The molecule has 2 aliphatic heterocycles. The molecule has 1 unspecified atom stereocenters. The molecule has 7 nitrogen and oxygen atoms in total. The highest BCUT2D eigenvalue weighted by Gasteiger charge is 2.26. The van der Waals surface area contributed by atoms with Crippen molar-refractivity contribution in [3.05, 3.63) is 59.1 Å². The summed E-state index contributed by atoms with van der Waals surface area (Å²) >= 11 is 5.90. The van der Waals surface area contributed by atoms with Gasteiger partial charge in [0.05, 0.1) is 0 Å². The molecule has 2 aromatic carbocycles. The van der Waals surface area contributed by atoms with E-state index in [1.807, 2.05) is 12.1 Å². The molecular weight excluding hydrogens is 426 g/mol. The van der Waals surface area contributed by atoms with Gasteiger partial charge in [-0.1, -0.05) is 11.6 Å². The van der Waals surface area contributed by atoms with Crippen molar-refractivity contribution in [2.45, 2.75) is 12.5 Å². The van der Waals surface area contributed by atoms with E-state index in [4.69, 9.17) is 11.6 Å². The summed E-state index contributed by atoms with van der Waals surface area (Å²) in [6.07, 6.45) is 1.16. The minimum Gasteiger partial charge on any atom is -0.370 e. The molecule has 2 fully saturated rings. The lowest BCUT2D eigenvalue weighted by molar-refractivity contribution is 0.0671. The molecule has 170 valence electrons. The number of piperazine rings is 1. The van der Waals surface area contributed by atoms with Crippen molar-refractivity contribution in [3.8, 4) is 0 Å². The first-order chi connectivity index (χ1) is 15.4. The molecule has 8 heteroatoms. The Morgan fingerprint density at radius 3 is 2.12 bits per heavy atom. The third-order valence-electron chi connectivity index (χ3n) is 6.32. The van der Waals surface area contributed by atoms with Gasteiger partial charge in [0, 0.05) is 67.3 Å². The highest BCUT2D eigenvalue weighted by molar-refractivity contribution is 6.30. The van der Waals surface area contributed by atoms with E-state index >= 15 is 0 Å². The van der Waals surface area contributed by atoms with E-state index in [2.05, 4.69) is 41.3 Å². The van der Waals surface area contributed by atoms with E-state index in [0.717, 1.165) is 25.2 Å². The molecule has 0 spiro atoms. The molecule has 2 aliphatic rings. The number of hydrogen-bond acceptors (Lipinski definition) is 4. The van der Waals surface area contributed by atoms with Crippen LogP contribution in [0.4, 0.5) is 16.2 Å². The standard InChI is InChI=1S/C24H30ClN5O2/c1-27(2)22-11-12-30(17-22)21-9-7-20(8-10-21)26-24(32)29-15-13-28(14-16-29)23(31)18-3-5-19(25)6-4-18/h3-10,22H,11-17H2,1-2H3,(H,26,32). The monoisotopic (exact) mass is 455 g/mol. The SMILES string of the molecule is CN(C)C1CCN(c2ccc(NC(=O)N3CCN(C(=O)c4ccc(Cl)cc4)CC3)cc2)C1. The smallest absolute Gasteiger partial charge is 0.321 e. The van der Waals surface area contributed by atoms with Crippen molar-refractivity contribution in [3.63, 3.8) is 0 Å². The molecule has 1 N–H and O–H groups in total. The van der Waals surface area contributed by atoms with Crippen molar-refractivity contribution in [1.29, 1.82) is 0 Å². The summed E-state index contributed by atoms with van der Waals surface area (Å²) < 4.78 is 0. The fourth-order valence-corrected chi connectivity index (χ4v) is 4.37. The molecule has 0 radical (unpaired) electrons. The van der Waals surface area contributed by atoms with Crippen LogP contribution in [0.2, 0.25) is 5.02 Å². The minimum absolute atomic E-state index is 0.0317. The zero-order valence-electron chi connectivity index (χ0n) is 18.6. The van der Waals surface area contributed by atoms with Gasteiger partial charge in [-0.15, -0.1) is 0 Å². The van der Waals surface area contributed by atoms with E-state index in [-0.39, 0.29) is 11.9 Å². The van der Waals surface area contributed by atoms with E-state index in [9.17, 15) is 9.59 Å². The third kappa shape index (κ3) is 5.16. The van der Waals surface area contributed by atoms with E-state index < -0.39 is 0 Å². The number of hydrogen-bond donors (Lipinski definition) is 1. The molecule has 32 heavy (non-hydrogen) atoms. The molecule has 2 heterocycles. The van der Waals surface area contributed by atoms with Crippen LogP contribution in [0.5, 0.6) is 0 Å². The normalized spacial score (nSPS) is 18.9. The van der Waals surface area contributed by atoms with Crippen LogP contribution in [0.1, 0.15) is 16.8 Å². The molecule has 0 aromatic heterocycles. The Kier molecular flexibility index (Phi) is 6.86. The number of carbonyl (C=O) groups is 2. The number of benzene rings is 2. The maximum atomic E-state index is 12.7. The van der Waals surface area contributed by atoms with Gasteiger partial charge < -0.3 is 24.9 Å². The second-order valence-corrected chi connectivity index (χ2v) is 9.05. The van der Waals surface area contributed by atoms with Gasteiger partial charge in [0.2, 0.25) is 0 Å². The Morgan fingerprint density at radius 1 is 0.906 bits per heavy atom. The second kappa shape index (κ2) is 9.79. The topological polar surface area (TPSA) is 59.1 Å². The lowest BCUT2D eigenvalue weighted by Gasteiger charge is -2.34. The van der Waals surface area contributed by atoms with Gasteiger partial charge >= 0.3 is 6.03 Å². The van der Waals surface area contributed by atoms with Gasteiger partial charge in [0.15, 0.2) is 0 Å². The number of urea groups is 1. The van der Waals surface area contributed by atoms with Gasteiger partial charge in [-0.05, 0) is 69.0 Å². The van der Waals surface area contributed by atoms with Crippen LogP contribution in [-0.4, -0.2) is 86.0 Å². The molecule has 2 saturated heterocycles. The molecule has 2 aromatic rings. The van der Waals surface area contributed by atoms with Crippen LogP contribution in [0.3, 0.4) is 0 Å². The molecule has 0 saturated carbocycles. The van der Waals surface area contributed by atoms with Crippen LogP contribution >= 0.6 is 11.6 Å². The predicted octanol–water partition coefficient (Wildman–Crippen LogP) is 3.47. The van der Waals surface area contributed by atoms with Crippen LogP contribution < -0.4 is 10.2 Å². The van der Waals surface area contributed by atoms with Crippen molar-refractivity contribution in [2.24, 2.45) is 0 Å². The largest absolute Gasteiger partial charge is 0.370 e. The number of likely N-dealkylation sites (N-methyl/N-ethyl adjacent to an activating group) is 1. The maximum Gasteiger partial charge on any atom is 0.321 e. The number of anilines is 2. The molecule has 4 rings (SSSR count). The van der Waals surface area contributed by atoms with Crippen LogP contribution in [0.25, 0.3) is 0 Å². The van der Waals surface area contributed by atoms with Crippen molar-refractivity contribution in [1.82, 2.24) is 14.7 Å². The summed E-state index contributed by atoms with van der Waals surface area (Å²) in [5, 5.41) is 3.59. The molecule has 1 atom stereocenters. The van der Waals surface area contributed by atoms with E-state index in [0.29, 0.717) is 42.8 Å². The van der Waals surface area contributed by atoms with Crippen LogP contribution in [0, 0.1) is 0 Å². The average molecular weight is 456 g/mol. The van der Waals surface area contributed by atoms with Gasteiger partial charge in [-0.25, -0.2) is 4.79 Å². The van der Waals surface area contributed by atoms with Crippen molar-refractivity contribution >= 4 is 34.9 Å². The maximum absolute atomic E-state index is 12.7. The van der Waals surface area contributed by atoms with Gasteiger partial charge in [-0.2, -0.15) is 0 Å². The summed E-state index contributed by atoms with van der Waals surface area (Å²) in [6.45, 7) is 4.10. The highest BCUT2D eigenvalue weighted by atomic mass is 35.5. The zero-order valence-corrected chi connectivity index (χ0v) is 19.4. The fraction of sp³-hybridized carbons (Fsp3) is 0.417. The Bertz CT molecular complexity index is 940. The summed E-state index contributed by atoms with van der Waals surface area (Å²) in [4.78, 5) is 33.5. The lowest BCUT2D eigenvalue weighted by Crippen LogP contribution is -2.51. The Balaban J connectivity index is 1.27. The van der Waals surface area contributed by atoms with Gasteiger partial charge in [-0.3, -0.25) is 4.79 Å². The van der Waals surface area contributed by atoms with Crippen molar-refractivity contribution < 1.29 is 9.59 Å². The molecular formula is C24H30ClN5O2. The average Bonchev–Trinajstić information content (AvgIpc) is 3.30. The number of rotatable bonds is 4. The molecule has 0 bridgehead atoms. The predicted molar refractivity (Wildman–Crippen MR) is 129 cm³/mol. The number of nitrogens with one attached hydrogen (secondary N) is 1.